The lowest BCUT2D eigenvalue weighted by Gasteiger charge is -2.38. The van der Waals surface area contributed by atoms with Crippen molar-refractivity contribution in [2.75, 3.05) is 13.2 Å². The summed E-state index contributed by atoms with van der Waals surface area (Å²) in [7, 11) is 0. The molecular weight excluding hydrogens is 240 g/mol. The molecule has 3 rings (SSSR count). The van der Waals surface area contributed by atoms with Gasteiger partial charge in [0, 0.05) is 0 Å². The lowest BCUT2D eigenvalue weighted by atomic mass is 10.0. The van der Waals surface area contributed by atoms with Crippen LogP contribution in [0.1, 0.15) is 27.7 Å². The Morgan fingerprint density at radius 2 is 1.78 bits per heavy atom. The molecule has 3 fully saturated rings. The smallest absolute Gasteiger partial charge is 0.224 e. The molecule has 0 aromatic heterocycles. The van der Waals surface area contributed by atoms with Crippen LogP contribution < -0.4 is 0 Å². The SMILES string of the molecule is CC1(C)OC[C@H]2O[C@@]3(CO)OC(C)(C)O[C@@H]3[C@@H]2O1. The van der Waals surface area contributed by atoms with E-state index in [9.17, 15) is 5.11 Å². The summed E-state index contributed by atoms with van der Waals surface area (Å²) in [4.78, 5) is 0. The van der Waals surface area contributed by atoms with Gasteiger partial charge in [0.15, 0.2) is 11.6 Å². The third-order valence-corrected chi connectivity index (χ3v) is 3.51. The minimum absolute atomic E-state index is 0.266. The van der Waals surface area contributed by atoms with Gasteiger partial charge in [0.25, 0.3) is 0 Å². The van der Waals surface area contributed by atoms with Crippen LogP contribution in [0.3, 0.4) is 0 Å². The highest BCUT2D eigenvalue weighted by Crippen LogP contribution is 2.48. The summed E-state index contributed by atoms with van der Waals surface area (Å²) in [5.74, 6) is -2.60. The van der Waals surface area contributed by atoms with Crippen molar-refractivity contribution < 1.29 is 28.8 Å². The van der Waals surface area contributed by atoms with Crippen LogP contribution in [0.15, 0.2) is 0 Å². The highest BCUT2D eigenvalue weighted by atomic mass is 16.9. The van der Waals surface area contributed by atoms with Crippen LogP contribution in [0, 0.1) is 0 Å². The first-order valence-electron chi connectivity index (χ1n) is 6.25. The highest BCUT2D eigenvalue weighted by Gasteiger charge is 2.67. The third kappa shape index (κ3) is 1.79. The van der Waals surface area contributed by atoms with Crippen LogP contribution in [0.2, 0.25) is 0 Å². The summed E-state index contributed by atoms with van der Waals surface area (Å²) in [5, 5.41) is 9.61. The minimum atomic E-state index is -1.14. The lowest BCUT2D eigenvalue weighted by molar-refractivity contribution is -0.330. The molecular formula is C12H20O6. The molecule has 0 saturated carbocycles. The van der Waals surface area contributed by atoms with Crippen molar-refractivity contribution in [1.82, 2.24) is 0 Å². The fourth-order valence-electron chi connectivity index (χ4n) is 2.89. The molecule has 0 unspecified atom stereocenters. The average molecular weight is 260 g/mol. The predicted molar refractivity (Wildman–Crippen MR) is 59.6 cm³/mol. The molecule has 0 radical (unpaired) electrons. The van der Waals surface area contributed by atoms with Crippen LogP contribution in [0.25, 0.3) is 0 Å². The van der Waals surface area contributed by atoms with E-state index in [1.807, 2.05) is 13.8 Å². The van der Waals surface area contributed by atoms with Gasteiger partial charge in [0.1, 0.15) is 24.9 Å². The second-order valence-electron chi connectivity index (χ2n) is 5.96. The van der Waals surface area contributed by atoms with Crippen molar-refractivity contribution in [3.8, 4) is 0 Å². The van der Waals surface area contributed by atoms with Gasteiger partial charge in [-0.1, -0.05) is 0 Å². The molecule has 3 aliphatic heterocycles. The molecule has 0 aliphatic carbocycles. The zero-order chi connectivity index (χ0) is 13.2. The Hall–Kier alpha value is -0.240. The Kier molecular flexibility index (Phi) is 2.59. The fourth-order valence-corrected chi connectivity index (χ4v) is 2.89. The van der Waals surface area contributed by atoms with Gasteiger partial charge < -0.3 is 28.8 Å². The van der Waals surface area contributed by atoms with Crippen molar-refractivity contribution in [2.45, 2.75) is 63.4 Å². The van der Waals surface area contributed by atoms with E-state index in [4.69, 9.17) is 23.7 Å². The standard InChI is InChI=1S/C12H20O6/c1-10(2)14-5-7-8(16-10)9-12(6-13,15-7)18-11(3,4)17-9/h7-9,13H,5-6H2,1-4H3/t7-,8-,9-,12+/m1/s1. The van der Waals surface area contributed by atoms with Crippen molar-refractivity contribution in [2.24, 2.45) is 0 Å². The first-order chi connectivity index (χ1) is 8.27. The molecule has 0 amide bonds. The molecule has 6 nitrogen and oxygen atoms in total. The summed E-state index contributed by atoms with van der Waals surface area (Å²) < 4.78 is 28.8. The first kappa shape index (κ1) is 12.8. The van der Waals surface area contributed by atoms with E-state index >= 15 is 0 Å². The normalized spacial score (nSPS) is 48.8. The van der Waals surface area contributed by atoms with E-state index in [1.54, 1.807) is 13.8 Å². The van der Waals surface area contributed by atoms with E-state index in [-0.39, 0.29) is 18.8 Å². The maximum atomic E-state index is 9.61. The molecule has 0 aromatic rings. The van der Waals surface area contributed by atoms with Gasteiger partial charge in [0.2, 0.25) is 5.79 Å². The molecule has 6 heteroatoms. The van der Waals surface area contributed by atoms with E-state index in [1.165, 1.54) is 0 Å². The molecule has 3 heterocycles. The Labute approximate surface area is 106 Å². The monoisotopic (exact) mass is 260 g/mol. The van der Waals surface area contributed by atoms with Gasteiger partial charge in [-0.2, -0.15) is 0 Å². The number of aliphatic hydroxyl groups excluding tert-OH is 1. The van der Waals surface area contributed by atoms with Gasteiger partial charge in [-0.25, -0.2) is 0 Å². The average Bonchev–Trinajstić information content (AvgIpc) is 2.66. The van der Waals surface area contributed by atoms with Gasteiger partial charge >= 0.3 is 0 Å². The van der Waals surface area contributed by atoms with E-state index < -0.39 is 23.5 Å². The first-order valence-corrected chi connectivity index (χ1v) is 6.25. The highest BCUT2D eigenvalue weighted by molar-refractivity contribution is 5.04. The Morgan fingerprint density at radius 1 is 1.06 bits per heavy atom. The summed E-state index contributed by atoms with van der Waals surface area (Å²) in [5.41, 5.74) is 0. The topological polar surface area (TPSA) is 66.4 Å². The van der Waals surface area contributed by atoms with Gasteiger partial charge in [-0.05, 0) is 27.7 Å². The largest absolute Gasteiger partial charge is 0.391 e. The minimum Gasteiger partial charge on any atom is -0.391 e. The lowest BCUT2D eigenvalue weighted by Crippen LogP contribution is -2.51. The molecule has 3 aliphatic rings. The van der Waals surface area contributed by atoms with Gasteiger partial charge in [-0.15, -0.1) is 0 Å². The number of ether oxygens (including phenoxy) is 5. The summed E-state index contributed by atoms with van der Waals surface area (Å²) in [6, 6.07) is 0. The molecule has 0 spiro atoms. The number of hydrogen-bond donors (Lipinski definition) is 1. The second-order valence-corrected chi connectivity index (χ2v) is 5.96. The molecule has 3 saturated heterocycles. The van der Waals surface area contributed by atoms with E-state index in [0.29, 0.717) is 6.61 Å². The summed E-state index contributed by atoms with van der Waals surface area (Å²) in [6.07, 6.45) is -1.00. The Morgan fingerprint density at radius 3 is 2.44 bits per heavy atom. The second kappa shape index (κ2) is 3.65. The van der Waals surface area contributed by atoms with Gasteiger partial charge in [-0.3, -0.25) is 0 Å². The third-order valence-electron chi connectivity index (χ3n) is 3.51. The number of hydrogen-bond acceptors (Lipinski definition) is 6. The van der Waals surface area contributed by atoms with Crippen LogP contribution >= 0.6 is 0 Å². The molecule has 18 heavy (non-hydrogen) atoms. The number of aliphatic hydroxyl groups is 1. The quantitative estimate of drug-likeness (QED) is 0.735. The fraction of sp³-hybridized carbons (Fsp3) is 1.00. The van der Waals surface area contributed by atoms with E-state index in [2.05, 4.69) is 0 Å². The molecule has 4 atom stereocenters. The van der Waals surface area contributed by atoms with Crippen LogP contribution in [-0.2, 0) is 23.7 Å². The maximum absolute atomic E-state index is 9.61. The number of rotatable bonds is 1. The van der Waals surface area contributed by atoms with Crippen molar-refractivity contribution >= 4 is 0 Å². The van der Waals surface area contributed by atoms with Crippen LogP contribution in [-0.4, -0.2) is 54.0 Å². The summed E-state index contributed by atoms with van der Waals surface area (Å²) >= 11 is 0. The zero-order valence-corrected chi connectivity index (χ0v) is 11.1. The molecule has 1 N–H and O–H groups in total. The van der Waals surface area contributed by atoms with E-state index in [0.717, 1.165) is 0 Å². The molecule has 104 valence electrons. The van der Waals surface area contributed by atoms with Crippen LogP contribution in [0.5, 0.6) is 0 Å². The predicted octanol–water partition coefficient (Wildman–Crippen LogP) is 0.377. The van der Waals surface area contributed by atoms with Crippen molar-refractivity contribution in [3.05, 3.63) is 0 Å². The maximum Gasteiger partial charge on any atom is 0.224 e. The zero-order valence-electron chi connectivity index (χ0n) is 11.1. The number of fused-ring (bicyclic) bond motifs is 3. The Balaban J connectivity index is 1.88. The van der Waals surface area contributed by atoms with Crippen molar-refractivity contribution in [3.63, 3.8) is 0 Å². The van der Waals surface area contributed by atoms with Crippen LogP contribution in [0.4, 0.5) is 0 Å². The molecule has 0 aromatic carbocycles. The van der Waals surface area contributed by atoms with Gasteiger partial charge in [0.05, 0.1) is 6.61 Å². The summed E-state index contributed by atoms with van der Waals surface area (Å²) in [6.45, 7) is 7.43. The van der Waals surface area contributed by atoms with Crippen molar-refractivity contribution in [1.29, 1.82) is 0 Å². The molecule has 0 bridgehead atoms. The Bertz CT molecular complexity index is 354.